The molecule has 1 amide bonds. The van der Waals surface area contributed by atoms with Gasteiger partial charge in [0, 0.05) is 37.2 Å². The van der Waals surface area contributed by atoms with Crippen LogP contribution in [-0.4, -0.2) is 45.5 Å². The molecule has 7 heteroatoms. The Kier molecular flexibility index (Phi) is 4.80. The molecule has 6 nitrogen and oxygen atoms in total. The highest BCUT2D eigenvalue weighted by molar-refractivity contribution is 5.94. The standard InChI is InChI=1S/C17H20FN3O3/c1-12-15(19-21-7-4-10-24-17(12)21)16(23)20(8-9-22)11-13-5-2-3-6-14(13)18/h2-3,5-6,22H,4,7-11H2,1H3. The molecule has 1 aliphatic heterocycles. The van der Waals surface area contributed by atoms with E-state index in [1.807, 2.05) is 0 Å². The Bertz CT molecular complexity index is 745. The van der Waals surface area contributed by atoms with Crippen molar-refractivity contribution in [2.24, 2.45) is 0 Å². The molecule has 0 fully saturated rings. The number of hydrogen-bond acceptors (Lipinski definition) is 4. The van der Waals surface area contributed by atoms with Crippen LogP contribution in [-0.2, 0) is 13.1 Å². The molecule has 1 aromatic carbocycles. The van der Waals surface area contributed by atoms with Gasteiger partial charge in [0.15, 0.2) is 5.69 Å². The summed E-state index contributed by atoms with van der Waals surface area (Å²) in [7, 11) is 0. The minimum Gasteiger partial charge on any atom is -0.478 e. The average molecular weight is 333 g/mol. The highest BCUT2D eigenvalue weighted by atomic mass is 19.1. The number of halogens is 1. The van der Waals surface area contributed by atoms with E-state index in [0.717, 1.165) is 6.42 Å². The van der Waals surface area contributed by atoms with Crippen molar-refractivity contribution in [3.8, 4) is 5.88 Å². The Morgan fingerprint density at radius 2 is 2.25 bits per heavy atom. The first-order valence-corrected chi connectivity index (χ1v) is 7.95. The number of benzene rings is 1. The lowest BCUT2D eigenvalue weighted by Crippen LogP contribution is -2.34. The first-order valence-electron chi connectivity index (χ1n) is 7.95. The number of aromatic nitrogens is 2. The maximum absolute atomic E-state index is 13.9. The molecule has 1 N–H and O–H groups in total. The second-order valence-electron chi connectivity index (χ2n) is 5.75. The van der Waals surface area contributed by atoms with Crippen molar-refractivity contribution in [2.45, 2.75) is 26.4 Å². The first-order chi connectivity index (χ1) is 11.6. The number of fused-ring (bicyclic) bond motifs is 1. The zero-order valence-electron chi connectivity index (χ0n) is 13.5. The largest absolute Gasteiger partial charge is 0.478 e. The number of rotatable bonds is 5. The molecule has 0 atom stereocenters. The van der Waals surface area contributed by atoms with Gasteiger partial charge in [0.2, 0.25) is 5.88 Å². The van der Waals surface area contributed by atoms with Crippen LogP contribution in [0.1, 0.15) is 28.0 Å². The van der Waals surface area contributed by atoms with E-state index in [9.17, 15) is 14.3 Å². The summed E-state index contributed by atoms with van der Waals surface area (Å²) < 4.78 is 21.2. The number of amides is 1. The Morgan fingerprint density at radius 3 is 2.96 bits per heavy atom. The SMILES string of the molecule is Cc1c(C(=O)N(CCO)Cc2ccccc2F)nn2c1OCCC2. The molecular formula is C17H20FN3O3. The van der Waals surface area contributed by atoms with Crippen LogP contribution < -0.4 is 4.74 Å². The monoisotopic (exact) mass is 333 g/mol. The molecule has 0 spiro atoms. The summed E-state index contributed by atoms with van der Waals surface area (Å²) >= 11 is 0. The molecule has 0 saturated carbocycles. The van der Waals surface area contributed by atoms with E-state index in [-0.39, 0.29) is 37.1 Å². The molecule has 0 saturated heterocycles. The lowest BCUT2D eigenvalue weighted by atomic mass is 10.1. The van der Waals surface area contributed by atoms with Gasteiger partial charge in [-0.05, 0) is 13.0 Å². The van der Waals surface area contributed by atoms with E-state index in [1.165, 1.54) is 11.0 Å². The topological polar surface area (TPSA) is 67.6 Å². The number of nitrogens with zero attached hydrogens (tertiary/aromatic N) is 3. The summed E-state index contributed by atoms with van der Waals surface area (Å²) in [5, 5.41) is 13.6. The molecule has 3 rings (SSSR count). The van der Waals surface area contributed by atoms with Gasteiger partial charge >= 0.3 is 0 Å². The Balaban J connectivity index is 1.87. The van der Waals surface area contributed by atoms with E-state index >= 15 is 0 Å². The predicted molar refractivity (Wildman–Crippen MR) is 85.3 cm³/mol. The van der Waals surface area contributed by atoms with Crippen molar-refractivity contribution in [1.29, 1.82) is 0 Å². The van der Waals surface area contributed by atoms with Crippen LogP contribution in [0.25, 0.3) is 0 Å². The molecule has 2 aromatic rings. The normalized spacial score (nSPS) is 13.3. The first kappa shape index (κ1) is 16.4. The number of aryl methyl sites for hydroxylation is 1. The zero-order chi connectivity index (χ0) is 17.1. The van der Waals surface area contributed by atoms with Gasteiger partial charge in [-0.25, -0.2) is 9.07 Å². The van der Waals surface area contributed by atoms with Crippen molar-refractivity contribution in [3.05, 3.63) is 46.9 Å². The molecule has 1 aliphatic rings. The molecule has 0 radical (unpaired) electrons. The highest BCUT2D eigenvalue weighted by Crippen LogP contribution is 2.26. The Labute approximate surface area is 139 Å². The summed E-state index contributed by atoms with van der Waals surface area (Å²) in [5.41, 5.74) is 1.37. The molecule has 0 aliphatic carbocycles. The van der Waals surface area contributed by atoms with Gasteiger partial charge in [0.25, 0.3) is 5.91 Å². The fraction of sp³-hybridized carbons (Fsp3) is 0.412. The van der Waals surface area contributed by atoms with Crippen LogP contribution in [0.5, 0.6) is 5.88 Å². The van der Waals surface area contributed by atoms with Crippen molar-refractivity contribution in [3.63, 3.8) is 0 Å². The molecule has 2 heterocycles. The second kappa shape index (κ2) is 7.00. The number of carbonyl (C=O) groups excluding carboxylic acids is 1. The summed E-state index contributed by atoms with van der Waals surface area (Å²) in [6.45, 7) is 3.08. The van der Waals surface area contributed by atoms with E-state index < -0.39 is 0 Å². The van der Waals surface area contributed by atoms with Gasteiger partial charge < -0.3 is 14.7 Å². The summed E-state index contributed by atoms with van der Waals surface area (Å²) in [4.78, 5) is 14.3. The third kappa shape index (κ3) is 3.12. The van der Waals surface area contributed by atoms with Gasteiger partial charge in [0.1, 0.15) is 5.82 Å². The number of aliphatic hydroxyl groups excluding tert-OH is 1. The predicted octanol–water partition coefficient (Wildman–Crippen LogP) is 1.75. The number of hydrogen-bond donors (Lipinski definition) is 1. The van der Waals surface area contributed by atoms with E-state index in [2.05, 4.69) is 5.10 Å². The highest BCUT2D eigenvalue weighted by Gasteiger charge is 2.27. The molecular weight excluding hydrogens is 313 g/mol. The summed E-state index contributed by atoms with van der Waals surface area (Å²) in [6.07, 6.45) is 0.845. The molecule has 128 valence electrons. The third-order valence-electron chi connectivity index (χ3n) is 4.06. The zero-order valence-corrected chi connectivity index (χ0v) is 13.5. The lowest BCUT2D eigenvalue weighted by molar-refractivity contribution is 0.0698. The van der Waals surface area contributed by atoms with Gasteiger partial charge in [0.05, 0.1) is 13.2 Å². The van der Waals surface area contributed by atoms with E-state index in [1.54, 1.807) is 29.8 Å². The maximum atomic E-state index is 13.9. The van der Waals surface area contributed by atoms with Crippen molar-refractivity contribution in [1.82, 2.24) is 14.7 Å². The van der Waals surface area contributed by atoms with Crippen LogP contribution in [0.4, 0.5) is 4.39 Å². The van der Waals surface area contributed by atoms with Crippen LogP contribution in [0, 0.1) is 12.7 Å². The Morgan fingerprint density at radius 1 is 1.46 bits per heavy atom. The second-order valence-corrected chi connectivity index (χ2v) is 5.75. The molecule has 0 unspecified atom stereocenters. The van der Waals surface area contributed by atoms with Crippen LogP contribution in [0.2, 0.25) is 0 Å². The maximum Gasteiger partial charge on any atom is 0.275 e. The number of carbonyl (C=O) groups is 1. The minimum absolute atomic E-state index is 0.0779. The van der Waals surface area contributed by atoms with Crippen molar-refractivity contribution < 1.29 is 19.0 Å². The quantitative estimate of drug-likeness (QED) is 0.905. The van der Waals surface area contributed by atoms with E-state index in [0.29, 0.717) is 30.2 Å². The lowest BCUT2D eigenvalue weighted by Gasteiger charge is -2.21. The number of aliphatic hydroxyl groups is 1. The summed E-state index contributed by atoms with van der Waals surface area (Å²) in [6, 6.07) is 6.29. The minimum atomic E-state index is -0.377. The van der Waals surface area contributed by atoms with Crippen LogP contribution in [0.3, 0.4) is 0 Å². The smallest absolute Gasteiger partial charge is 0.275 e. The number of ether oxygens (including phenoxy) is 1. The third-order valence-corrected chi connectivity index (χ3v) is 4.06. The van der Waals surface area contributed by atoms with Gasteiger partial charge in [-0.3, -0.25) is 4.79 Å². The van der Waals surface area contributed by atoms with Crippen LogP contribution >= 0.6 is 0 Å². The molecule has 1 aromatic heterocycles. The van der Waals surface area contributed by atoms with Crippen LogP contribution in [0.15, 0.2) is 24.3 Å². The van der Waals surface area contributed by atoms with Gasteiger partial charge in [-0.1, -0.05) is 18.2 Å². The van der Waals surface area contributed by atoms with Crippen molar-refractivity contribution in [2.75, 3.05) is 19.8 Å². The van der Waals surface area contributed by atoms with Gasteiger partial charge in [-0.15, -0.1) is 0 Å². The molecule has 24 heavy (non-hydrogen) atoms. The van der Waals surface area contributed by atoms with E-state index in [4.69, 9.17) is 4.74 Å². The average Bonchev–Trinajstić information content (AvgIpc) is 2.93. The Hall–Kier alpha value is -2.41. The van der Waals surface area contributed by atoms with Crippen molar-refractivity contribution >= 4 is 5.91 Å². The fourth-order valence-corrected chi connectivity index (χ4v) is 2.81. The summed E-state index contributed by atoms with van der Waals surface area (Å²) in [5.74, 6) is -0.104. The van der Waals surface area contributed by atoms with Gasteiger partial charge in [-0.2, -0.15) is 5.10 Å². The molecule has 0 bridgehead atoms. The fourth-order valence-electron chi connectivity index (χ4n) is 2.81.